The van der Waals surface area contributed by atoms with Crippen LogP contribution in [0, 0.1) is 0 Å². The second kappa shape index (κ2) is 8.37. The van der Waals surface area contributed by atoms with E-state index < -0.39 is 17.3 Å². The van der Waals surface area contributed by atoms with Gasteiger partial charge in [0.25, 0.3) is 0 Å². The van der Waals surface area contributed by atoms with E-state index in [4.69, 9.17) is 9.47 Å². The molecule has 1 aliphatic heterocycles. The molecule has 0 aromatic rings. The van der Waals surface area contributed by atoms with Crippen molar-refractivity contribution in [3.63, 3.8) is 0 Å². The monoisotopic (exact) mass is 341 g/mol. The second-order valence-corrected chi connectivity index (χ2v) is 7.84. The van der Waals surface area contributed by atoms with Crippen LogP contribution < -0.4 is 10.6 Å². The molecule has 2 N–H and O–H groups in total. The Morgan fingerprint density at radius 3 is 2.08 bits per heavy atom. The van der Waals surface area contributed by atoms with E-state index in [9.17, 15) is 9.59 Å². The van der Waals surface area contributed by atoms with Gasteiger partial charge in [-0.3, -0.25) is 0 Å². The molecule has 1 aliphatic rings. The largest absolute Gasteiger partial charge is 0.444 e. The van der Waals surface area contributed by atoms with Crippen LogP contribution in [0.1, 0.15) is 41.5 Å². The molecule has 7 nitrogen and oxygen atoms in total. The third-order valence-electron chi connectivity index (χ3n) is 2.99. The van der Waals surface area contributed by atoms with Gasteiger partial charge in [0.05, 0.1) is 0 Å². The van der Waals surface area contributed by atoms with Crippen molar-refractivity contribution >= 4 is 12.2 Å². The van der Waals surface area contributed by atoms with Crippen molar-refractivity contribution in [1.82, 2.24) is 15.5 Å². The minimum atomic E-state index is -0.487. The van der Waals surface area contributed by atoms with Crippen LogP contribution in [0.15, 0.2) is 12.2 Å². The van der Waals surface area contributed by atoms with E-state index in [1.54, 1.807) is 4.90 Å². The van der Waals surface area contributed by atoms with E-state index in [1.165, 1.54) is 0 Å². The first-order valence-corrected chi connectivity index (χ1v) is 8.29. The van der Waals surface area contributed by atoms with Gasteiger partial charge in [-0.05, 0) is 41.5 Å². The zero-order chi connectivity index (χ0) is 18.4. The topological polar surface area (TPSA) is 79.9 Å². The lowest BCUT2D eigenvalue weighted by Crippen LogP contribution is -2.60. The Kier molecular flexibility index (Phi) is 7.08. The average molecular weight is 341 g/mol. The van der Waals surface area contributed by atoms with Gasteiger partial charge in [0, 0.05) is 32.2 Å². The molecule has 0 saturated carbocycles. The van der Waals surface area contributed by atoms with E-state index >= 15 is 0 Å². The highest BCUT2D eigenvalue weighted by molar-refractivity contribution is 5.69. The zero-order valence-electron chi connectivity index (χ0n) is 15.6. The molecule has 1 fully saturated rings. The van der Waals surface area contributed by atoms with Crippen LogP contribution in [-0.2, 0) is 9.47 Å². The summed E-state index contributed by atoms with van der Waals surface area (Å²) in [5.41, 5.74) is -0.945. The maximum Gasteiger partial charge on any atom is 0.410 e. The molecule has 1 rings (SSSR count). The van der Waals surface area contributed by atoms with Crippen LogP contribution in [0.4, 0.5) is 9.59 Å². The van der Waals surface area contributed by atoms with E-state index in [1.807, 2.05) is 53.7 Å². The summed E-state index contributed by atoms with van der Waals surface area (Å²) in [6.07, 6.45) is 3.11. The summed E-state index contributed by atoms with van der Waals surface area (Å²) < 4.78 is 10.4. The number of hydrogen-bond donors (Lipinski definition) is 2. The van der Waals surface area contributed by atoms with Gasteiger partial charge < -0.3 is 25.0 Å². The first-order valence-electron chi connectivity index (χ1n) is 8.29. The van der Waals surface area contributed by atoms with Gasteiger partial charge in [0.15, 0.2) is 0 Å². The molecule has 0 spiro atoms. The Labute approximate surface area is 144 Å². The molecule has 0 aliphatic carbocycles. The van der Waals surface area contributed by atoms with Crippen LogP contribution in [0.5, 0.6) is 0 Å². The highest BCUT2D eigenvalue weighted by Gasteiger charge is 2.32. The Balaban J connectivity index is 2.07. The first kappa shape index (κ1) is 20.3. The smallest absolute Gasteiger partial charge is 0.410 e. The molecule has 0 atom stereocenters. The summed E-state index contributed by atoms with van der Waals surface area (Å²) in [6, 6.07) is 0.279. The average Bonchev–Trinajstić information content (AvgIpc) is 2.30. The predicted molar refractivity (Wildman–Crippen MR) is 93.0 cm³/mol. The molecule has 0 aromatic carbocycles. The highest BCUT2D eigenvalue weighted by Crippen LogP contribution is 2.14. The van der Waals surface area contributed by atoms with Crippen molar-refractivity contribution in [3.05, 3.63) is 12.2 Å². The normalized spacial score (nSPS) is 16.0. The van der Waals surface area contributed by atoms with E-state index in [-0.39, 0.29) is 12.1 Å². The maximum atomic E-state index is 11.8. The lowest BCUT2D eigenvalue weighted by atomic mass is 10.1. The van der Waals surface area contributed by atoms with E-state index in [0.29, 0.717) is 26.2 Å². The summed E-state index contributed by atoms with van der Waals surface area (Å²) in [7, 11) is 0. The lowest BCUT2D eigenvalue weighted by molar-refractivity contribution is 0.00568. The summed E-state index contributed by atoms with van der Waals surface area (Å²) >= 11 is 0. The molecular formula is C17H31N3O4. The van der Waals surface area contributed by atoms with Gasteiger partial charge in [-0.2, -0.15) is 0 Å². The fourth-order valence-corrected chi connectivity index (χ4v) is 1.94. The van der Waals surface area contributed by atoms with Crippen molar-refractivity contribution < 1.29 is 19.1 Å². The number of carbonyl (C=O) groups is 2. The molecule has 7 heteroatoms. The molecule has 0 unspecified atom stereocenters. The Bertz CT molecular complexity index is 457. The van der Waals surface area contributed by atoms with Crippen LogP contribution >= 0.6 is 0 Å². The van der Waals surface area contributed by atoms with Crippen molar-refractivity contribution in [2.75, 3.05) is 26.2 Å². The van der Waals surface area contributed by atoms with Crippen LogP contribution in [0.2, 0.25) is 0 Å². The SMILES string of the molecule is CC(C)(C)OC(=O)NC/C=C/CNC1CN(C(=O)OC(C)(C)C)C1. The Morgan fingerprint density at radius 1 is 1.00 bits per heavy atom. The number of carbonyl (C=O) groups excluding carboxylic acids is 2. The summed E-state index contributed by atoms with van der Waals surface area (Å²) in [6.45, 7) is 13.5. The summed E-state index contributed by atoms with van der Waals surface area (Å²) in [5, 5.41) is 5.97. The number of alkyl carbamates (subject to hydrolysis) is 1. The minimum absolute atomic E-state index is 0.266. The number of likely N-dealkylation sites (tertiary alicyclic amines) is 1. The lowest BCUT2D eigenvalue weighted by Gasteiger charge is -2.40. The fraction of sp³-hybridized carbons (Fsp3) is 0.765. The van der Waals surface area contributed by atoms with Crippen molar-refractivity contribution in [2.24, 2.45) is 0 Å². The number of nitrogens with one attached hydrogen (secondary N) is 2. The highest BCUT2D eigenvalue weighted by atomic mass is 16.6. The van der Waals surface area contributed by atoms with Crippen LogP contribution in [-0.4, -0.2) is 60.5 Å². The molecule has 0 bridgehead atoms. The second-order valence-electron chi connectivity index (χ2n) is 7.84. The van der Waals surface area contributed by atoms with Gasteiger partial charge in [-0.1, -0.05) is 12.2 Å². The third-order valence-corrected chi connectivity index (χ3v) is 2.99. The van der Waals surface area contributed by atoms with Gasteiger partial charge >= 0.3 is 12.2 Å². The van der Waals surface area contributed by atoms with Gasteiger partial charge in [0.1, 0.15) is 11.2 Å². The first-order chi connectivity index (χ1) is 11.0. The van der Waals surface area contributed by atoms with E-state index in [0.717, 1.165) is 0 Å². The molecule has 0 radical (unpaired) electrons. The number of hydrogen-bond acceptors (Lipinski definition) is 5. The molecule has 24 heavy (non-hydrogen) atoms. The molecule has 1 heterocycles. The summed E-state index contributed by atoms with van der Waals surface area (Å²) in [5.74, 6) is 0. The molecular weight excluding hydrogens is 310 g/mol. The maximum absolute atomic E-state index is 11.8. The zero-order valence-corrected chi connectivity index (χ0v) is 15.6. The van der Waals surface area contributed by atoms with Crippen molar-refractivity contribution in [2.45, 2.75) is 58.8 Å². The molecule has 0 aromatic heterocycles. The number of nitrogens with zero attached hydrogens (tertiary/aromatic N) is 1. The fourth-order valence-electron chi connectivity index (χ4n) is 1.94. The minimum Gasteiger partial charge on any atom is -0.444 e. The van der Waals surface area contributed by atoms with Crippen LogP contribution in [0.25, 0.3) is 0 Å². The van der Waals surface area contributed by atoms with Gasteiger partial charge in [0.2, 0.25) is 0 Å². The quantitative estimate of drug-likeness (QED) is 0.750. The Morgan fingerprint density at radius 2 is 1.54 bits per heavy atom. The molecule has 138 valence electrons. The van der Waals surface area contributed by atoms with Crippen molar-refractivity contribution in [3.8, 4) is 0 Å². The molecule has 2 amide bonds. The number of ether oxygens (including phenoxy) is 2. The van der Waals surface area contributed by atoms with Crippen LogP contribution in [0.3, 0.4) is 0 Å². The standard InChI is InChI=1S/C17H31N3O4/c1-16(2,3)23-14(21)19-10-8-7-9-18-13-11-20(12-13)15(22)24-17(4,5)6/h7-8,13,18H,9-12H2,1-6H3,(H,19,21)/b8-7+. The van der Waals surface area contributed by atoms with Gasteiger partial charge in [-0.25, -0.2) is 9.59 Å². The number of amides is 2. The predicted octanol–water partition coefficient (Wildman–Crippen LogP) is 2.28. The summed E-state index contributed by atoms with van der Waals surface area (Å²) in [4.78, 5) is 24.9. The molecule has 1 saturated heterocycles. The third kappa shape index (κ3) is 8.76. The number of rotatable bonds is 5. The Hall–Kier alpha value is -1.76. The van der Waals surface area contributed by atoms with Crippen molar-refractivity contribution in [1.29, 1.82) is 0 Å². The van der Waals surface area contributed by atoms with Gasteiger partial charge in [-0.15, -0.1) is 0 Å². The van der Waals surface area contributed by atoms with E-state index in [2.05, 4.69) is 10.6 Å².